The number of hydrogen-bond acceptors (Lipinski definition) is 3. The van der Waals surface area contributed by atoms with Gasteiger partial charge in [-0.3, -0.25) is 9.59 Å². The van der Waals surface area contributed by atoms with E-state index in [1.165, 1.54) is 31.4 Å². The first-order valence-corrected chi connectivity index (χ1v) is 12.5. The molecule has 0 spiro atoms. The fourth-order valence-electron chi connectivity index (χ4n) is 3.95. The third-order valence-corrected chi connectivity index (χ3v) is 5.93. The van der Waals surface area contributed by atoms with Crippen molar-refractivity contribution >= 4 is 17.6 Å². The molecule has 186 valence electrons. The summed E-state index contributed by atoms with van der Waals surface area (Å²) in [5.41, 5.74) is 2.19. The first-order valence-electron chi connectivity index (χ1n) is 12.5. The number of nitrogens with one attached hydrogen (secondary N) is 1. The van der Waals surface area contributed by atoms with Gasteiger partial charge in [0.25, 0.3) is 0 Å². The summed E-state index contributed by atoms with van der Waals surface area (Å²) in [5.74, 6) is -0.196. The molecule has 0 saturated carbocycles. The number of unbranched alkanes of at least 4 members (excludes halogenated alkanes) is 5. The fourth-order valence-corrected chi connectivity index (χ4v) is 3.95. The number of aromatic nitrogens is 2. The third kappa shape index (κ3) is 7.77. The Hall–Kier alpha value is -3.48. The lowest BCUT2D eigenvalue weighted by Gasteiger charge is -2.20. The highest BCUT2D eigenvalue weighted by molar-refractivity contribution is 5.94. The van der Waals surface area contributed by atoms with E-state index >= 15 is 0 Å². The average molecular weight is 479 g/mol. The van der Waals surface area contributed by atoms with Crippen molar-refractivity contribution in [3.05, 3.63) is 66.5 Å². The van der Waals surface area contributed by atoms with E-state index in [1.807, 2.05) is 37.3 Å². The number of benzene rings is 2. The van der Waals surface area contributed by atoms with Crippen molar-refractivity contribution in [3.8, 4) is 16.9 Å². The normalized spacial score (nSPS) is 10.8. The van der Waals surface area contributed by atoms with Crippen LogP contribution >= 0.6 is 0 Å². The molecule has 2 amide bonds. The van der Waals surface area contributed by atoms with E-state index < -0.39 is 0 Å². The number of anilines is 1. The van der Waals surface area contributed by atoms with E-state index in [0.717, 1.165) is 24.8 Å². The summed E-state index contributed by atoms with van der Waals surface area (Å²) in [5, 5.41) is 7.54. The highest BCUT2D eigenvalue weighted by atomic mass is 19.1. The van der Waals surface area contributed by atoms with E-state index in [4.69, 9.17) is 0 Å². The van der Waals surface area contributed by atoms with Crippen molar-refractivity contribution in [3.63, 3.8) is 0 Å². The van der Waals surface area contributed by atoms with Crippen molar-refractivity contribution in [2.24, 2.45) is 0 Å². The molecular formula is C28H35FN4O2. The Morgan fingerprint density at radius 1 is 0.943 bits per heavy atom. The van der Waals surface area contributed by atoms with E-state index in [2.05, 4.69) is 17.3 Å². The van der Waals surface area contributed by atoms with Crippen LogP contribution in [0.4, 0.5) is 10.2 Å². The second kappa shape index (κ2) is 13.4. The summed E-state index contributed by atoms with van der Waals surface area (Å²) in [6.45, 7) is 4.50. The van der Waals surface area contributed by atoms with Gasteiger partial charge in [-0.2, -0.15) is 5.10 Å². The van der Waals surface area contributed by atoms with E-state index in [-0.39, 0.29) is 24.2 Å². The molecule has 1 heterocycles. The highest BCUT2D eigenvalue weighted by Gasteiger charge is 2.18. The molecule has 0 saturated heterocycles. The van der Waals surface area contributed by atoms with Gasteiger partial charge in [0.05, 0.1) is 17.9 Å². The van der Waals surface area contributed by atoms with Crippen LogP contribution in [0.15, 0.2) is 60.7 Å². The minimum Gasteiger partial charge on any atom is -0.334 e. The summed E-state index contributed by atoms with van der Waals surface area (Å²) in [6.07, 6.45) is 7.12. The molecule has 3 aromatic rings. The van der Waals surface area contributed by atoms with Crippen LogP contribution in [0.2, 0.25) is 0 Å². The number of rotatable bonds is 13. The molecule has 1 aromatic heterocycles. The minimum absolute atomic E-state index is 0.00448. The largest absolute Gasteiger partial charge is 0.334 e. The van der Waals surface area contributed by atoms with Crippen LogP contribution in [0.5, 0.6) is 0 Å². The van der Waals surface area contributed by atoms with Crippen LogP contribution in [0.3, 0.4) is 0 Å². The predicted molar refractivity (Wildman–Crippen MR) is 138 cm³/mol. The molecule has 0 aliphatic rings. The summed E-state index contributed by atoms with van der Waals surface area (Å²) in [6, 6.07) is 17.3. The standard InChI is InChI=1S/C28H35FN4O2/c1-3-5-6-7-8-12-15-28(35)32(4-2)21-27(34)30-26-20-25(22-13-10-9-11-14-22)31-33(26)24-18-16-23(29)17-19-24/h9-11,13-14,16-20H,3-8,12,15,21H2,1-2H3,(H,30,34). The third-order valence-electron chi connectivity index (χ3n) is 5.93. The molecule has 0 radical (unpaired) electrons. The maximum atomic E-state index is 13.5. The van der Waals surface area contributed by atoms with Crippen LogP contribution in [-0.2, 0) is 9.59 Å². The number of likely N-dealkylation sites (N-methyl/N-ethyl adjacent to an activating group) is 1. The van der Waals surface area contributed by atoms with Gasteiger partial charge in [-0.25, -0.2) is 9.07 Å². The summed E-state index contributed by atoms with van der Waals surface area (Å²) >= 11 is 0. The number of hydrogen-bond donors (Lipinski definition) is 1. The lowest BCUT2D eigenvalue weighted by atomic mass is 10.1. The highest BCUT2D eigenvalue weighted by Crippen LogP contribution is 2.25. The topological polar surface area (TPSA) is 67.2 Å². The molecule has 0 aliphatic heterocycles. The van der Waals surface area contributed by atoms with Crippen LogP contribution < -0.4 is 5.32 Å². The van der Waals surface area contributed by atoms with E-state index in [9.17, 15) is 14.0 Å². The van der Waals surface area contributed by atoms with Gasteiger partial charge in [-0.15, -0.1) is 0 Å². The molecule has 1 N–H and O–H groups in total. The zero-order valence-corrected chi connectivity index (χ0v) is 20.7. The van der Waals surface area contributed by atoms with Crippen molar-refractivity contribution < 1.29 is 14.0 Å². The fraction of sp³-hybridized carbons (Fsp3) is 0.393. The number of carbonyl (C=O) groups is 2. The Labute approximate surface area is 207 Å². The minimum atomic E-state index is -0.350. The molecule has 2 aromatic carbocycles. The van der Waals surface area contributed by atoms with Gasteiger partial charge >= 0.3 is 0 Å². The number of carbonyl (C=O) groups excluding carboxylic acids is 2. The van der Waals surface area contributed by atoms with Crippen LogP contribution in [0.1, 0.15) is 58.8 Å². The smallest absolute Gasteiger partial charge is 0.245 e. The summed E-state index contributed by atoms with van der Waals surface area (Å²) < 4.78 is 15.0. The average Bonchev–Trinajstić information content (AvgIpc) is 3.29. The Morgan fingerprint density at radius 2 is 1.63 bits per heavy atom. The maximum Gasteiger partial charge on any atom is 0.245 e. The number of amides is 2. The maximum absolute atomic E-state index is 13.5. The van der Waals surface area contributed by atoms with Crippen LogP contribution in [0.25, 0.3) is 16.9 Å². The van der Waals surface area contributed by atoms with Crippen LogP contribution in [-0.4, -0.2) is 39.6 Å². The van der Waals surface area contributed by atoms with Gasteiger partial charge in [0.15, 0.2) is 0 Å². The summed E-state index contributed by atoms with van der Waals surface area (Å²) in [4.78, 5) is 27.1. The Morgan fingerprint density at radius 3 is 2.31 bits per heavy atom. The number of nitrogens with zero attached hydrogens (tertiary/aromatic N) is 3. The lowest BCUT2D eigenvalue weighted by molar-refractivity contribution is -0.134. The molecule has 0 fully saturated rings. The number of halogens is 1. The molecule has 7 heteroatoms. The van der Waals surface area contributed by atoms with Crippen molar-refractivity contribution in [1.82, 2.24) is 14.7 Å². The SMILES string of the molecule is CCCCCCCCC(=O)N(CC)CC(=O)Nc1cc(-c2ccccc2)nn1-c1ccc(F)cc1. The summed E-state index contributed by atoms with van der Waals surface area (Å²) in [7, 11) is 0. The van der Waals surface area contributed by atoms with Gasteiger partial charge in [0, 0.05) is 24.6 Å². The van der Waals surface area contributed by atoms with Gasteiger partial charge in [0.1, 0.15) is 11.6 Å². The quantitative estimate of drug-likeness (QED) is 0.297. The zero-order chi connectivity index (χ0) is 25.0. The van der Waals surface area contributed by atoms with Gasteiger partial charge < -0.3 is 10.2 Å². The van der Waals surface area contributed by atoms with Gasteiger partial charge in [-0.1, -0.05) is 69.4 Å². The van der Waals surface area contributed by atoms with Gasteiger partial charge in [-0.05, 0) is 37.6 Å². The molecular weight excluding hydrogens is 443 g/mol. The van der Waals surface area contributed by atoms with Crippen molar-refractivity contribution in [2.45, 2.75) is 58.8 Å². The zero-order valence-electron chi connectivity index (χ0n) is 20.7. The van der Waals surface area contributed by atoms with Crippen molar-refractivity contribution in [1.29, 1.82) is 0 Å². The molecule has 0 atom stereocenters. The second-order valence-electron chi connectivity index (χ2n) is 8.64. The lowest BCUT2D eigenvalue weighted by Crippen LogP contribution is -2.38. The Bertz CT molecular complexity index is 1080. The molecule has 35 heavy (non-hydrogen) atoms. The van der Waals surface area contributed by atoms with Crippen molar-refractivity contribution in [2.75, 3.05) is 18.4 Å². The first kappa shape index (κ1) is 26.1. The Kier molecular flexibility index (Phi) is 10.0. The predicted octanol–water partition coefficient (Wildman–Crippen LogP) is 6.22. The molecule has 0 aliphatic carbocycles. The molecule has 6 nitrogen and oxygen atoms in total. The Balaban J connectivity index is 1.68. The molecule has 0 bridgehead atoms. The van der Waals surface area contributed by atoms with Crippen LogP contribution in [0, 0.1) is 5.82 Å². The first-order chi connectivity index (χ1) is 17.0. The molecule has 3 rings (SSSR count). The van der Waals surface area contributed by atoms with E-state index in [1.54, 1.807) is 27.8 Å². The monoisotopic (exact) mass is 478 g/mol. The molecule has 0 unspecified atom stereocenters. The van der Waals surface area contributed by atoms with Gasteiger partial charge in [0.2, 0.25) is 11.8 Å². The second-order valence-corrected chi connectivity index (χ2v) is 8.64. The van der Waals surface area contributed by atoms with E-state index in [0.29, 0.717) is 30.2 Å².